The van der Waals surface area contributed by atoms with Gasteiger partial charge in [-0.25, -0.2) is 0 Å². The molecule has 2 aromatic heterocycles. The molecular formula is C18H11Cl2N3O2S. The number of fused-ring (bicyclic) bond motifs is 1. The molecule has 5 nitrogen and oxygen atoms in total. The zero-order valence-electron chi connectivity index (χ0n) is 13.4. The minimum Gasteiger partial charge on any atom is -0.497 e. The number of thiazole rings is 1. The summed E-state index contributed by atoms with van der Waals surface area (Å²) in [4.78, 5) is 17.6. The van der Waals surface area contributed by atoms with Gasteiger partial charge in [-0.05, 0) is 48.0 Å². The zero-order valence-corrected chi connectivity index (χ0v) is 15.8. The largest absolute Gasteiger partial charge is 0.497 e. The Morgan fingerprint density at radius 1 is 1.15 bits per heavy atom. The number of hydrogen-bond acceptors (Lipinski definition) is 5. The van der Waals surface area contributed by atoms with Crippen molar-refractivity contribution in [1.82, 2.24) is 14.6 Å². The van der Waals surface area contributed by atoms with Crippen molar-refractivity contribution in [2.45, 2.75) is 0 Å². The monoisotopic (exact) mass is 403 g/mol. The molecule has 4 aromatic rings. The second kappa shape index (κ2) is 6.72. The number of hydrogen-bond donors (Lipinski definition) is 0. The van der Waals surface area contributed by atoms with Crippen molar-refractivity contribution in [2.75, 3.05) is 7.11 Å². The summed E-state index contributed by atoms with van der Waals surface area (Å²) in [6.45, 7) is 0. The smallest absolute Gasteiger partial charge is 0.291 e. The highest BCUT2D eigenvalue weighted by Crippen LogP contribution is 2.22. The van der Waals surface area contributed by atoms with Crippen molar-refractivity contribution in [3.8, 4) is 17.1 Å². The van der Waals surface area contributed by atoms with Crippen LogP contribution in [-0.4, -0.2) is 21.7 Å². The van der Waals surface area contributed by atoms with Gasteiger partial charge in [-0.3, -0.25) is 4.79 Å². The molecule has 0 saturated heterocycles. The van der Waals surface area contributed by atoms with Crippen molar-refractivity contribution in [2.24, 2.45) is 0 Å². The Morgan fingerprint density at radius 2 is 1.92 bits per heavy atom. The molecule has 0 aliphatic carbocycles. The first-order valence-corrected chi connectivity index (χ1v) is 9.13. The third-order valence-corrected chi connectivity index (χ3v) is 5.30. The lowest BCUT2D eigenvalue weighted by atomic mass is 10.2. The third-order valence-electron chi connectivity index (χ3n) is 3.78. The molecule has 26 heavy (non-hydrogen) atoms. The van der Waals surface area contributed by atoms with Gasteiger partial charge in [-0.1, -0.05) is 40.6 Å². The summed E-state index contributed by atoms with van der Waals surface area (Å²) in [5.41, 5.74) is 1.30. The summed E-state index contributed by atoms with van der Waals surface area (Å²) < 4.78 is 6.95. The van der Waals surface area contributed by atoms with Crippen molar-refractivity contribution >= 4 is 45.6 Å². The Hall–Kier alpha value is -2.41. The van der Waals surface area contributed by atoms with Crippen LogP contribution in [0.4, 0.5) is 0 Å². The predicted molar refractivity (Wildman–Crippen MR) is 104 cm³/mol. The first kappa shape index (κ1) is 17.0. The molecule has 0 spiro atoms. The fourth-order valence-corrected chi connectivity index (χ4v) is 3.82. The van der Waals surface area contributed by atoms with E-state index < -0.39 is 0 Å². The molecule has 0 N–H and O–H groups in total. The van der Waals surface area contributed by atoms with E-state index >= 15 is 0 Å². The molecule has 0 unspecified atom stereocenters. The molecule has 2 heterocycles. The van der Waals surface area contributed by atoms with E-state index in [9.17, 15) is 4.79 Å². The maximum atomic E-state index is 12.6. The summed E-state index contributed by atoms with van der Waals surface area (Å²) >= 11 is 13.3. The van der Waals surface area contributed by atoms with E-state index in [0.717, 1.165) is 11.3 Å². The highest BCUT2D eigenvalue weighted by molar-refractivity contribution is 7.15. The Morgan fingerprint density at radius 3 is 2.58 bits per heavy atom. The molecule has 0 saturated carbocycles. The quantitative estimate of drug-likeness (QED) is 0.523. The van der Waals surface area contributed by atoms with Crippen LogP contribution in [0.2, 0.25) is 10.0 Å². The van der Waals surface area contributed by atoms with E-state index in [4.69, 9.17) is 27.9 Å². The molecule has 0 aliphatic rings. The van der Waals surface area contributed by atoms with E-state index in [1.807, 2.05) is 24.3 Å². The highest BCUT2D eigenvalue weighted by Gasteiger charge is 2.12. The molecule has 2 aromatic carbocycles. The standard InChI is InChI=1S/C18H11Cl2N3O2S/c1-25-13-6-3-10(4-7-13)16-21-18-23(22-16)17(24)15(26-18)8-11-2-5-12(19)9-14(11)20/h2-9H,1H3. The van der Waals surface area contributed by atoms with Gasteiger partial charge in [0.1, 0.15) is 5.75 Å². The average molecular weight is 404 g/mol. The van der Waals surface area contributed by atoms with E-state index in [-0.39, 0.29) is 5.56 Å². The Balaban J connectivity index is 1.78. The van der Waals surface area contributed by atoms with E-state index in [0.29, 0.717) is 30.9 Å². The van der Waals surface area contributed by atoms with Crippen LogP contribution in [0.3, 0.4) is 0 Å². The number of methoxy groups -OCH3 is 1. The van der Waals surface area contributed by atoms with Crippen molar-refractivity contribution in [1.29, 1.82) is 0 Å². The average Bonchev–Trinajstić information content (AvgIpc) is 3.17. The summed E-state index contributed by atoms with van der Waals surface area (Å²) in [7, 11) is 1.61. The van der Waals surface area contributed by atoms with Crippen LogP contribution < -0.4 is 14.8 Å². The second-order valence-corrected chi connectivity index (χ2v) is 7.29. The van der Waals surface area contributed by atoms with Crippen molar-refractivity contribution in [3.05, 3.63) is 73.0 Å². The van der Waals surface area contributed by atoms with Crippen LogP contribution in [-0.2, 0) is 0 Å². The number of rotatable bonds is 3. The lowest BCUT2D eigenvalue weighted by molar-refractivity contribution is 0.415. The van der Waals surface area contributed by atoms with Gasteiger partial charge in [0.05, 0.1) is 11.6 Å². The maximum Gasteiger partial charge on any atom is 0.291 e. The Kier molecular flexibility index (Phi) is 4.40. The maximum absolute atomic E-state index is 12.6. The van der Waals surface area contributed by atoms with Crippen LogP contribution >= 0.6 is 34.5 Å². The van der Waals surface area contributed by atoms with Crippen LogP contribution in [0, 0.1) is 0 Å². The molecule has 0 radical (unpaired) electrons. The first-order chi connectivity index (χ1) is 12.5. The topological polar surface area (TPSA) is 56.5 Å². The molecule has 0 bridgehead atoms. The number of nitrogens with zero attached hydrogens (tertiary/aromatic N) is 3. The molecule has 0 aliphatic heterocycles. The van der Waals surface area contributed by atoms with Gasteiger partial charge in [0.2, 0.25) is 4.96 Å². The van der Waals surface area contributed by atoms with Gasteiger partial charge in [0.25, 0.3) is 5.56 Å². The number of ether oxygens (including phenoxy) is 1. The van der Waals surface area contributed by atoms with E-state index in [2.05, 4.69) is 10.1 Å². The highest BCUT2D eigenvalue weighted by atomic mass is 35.5. The summed E-state index contributed by atoms with van der Waals surface area (Å²) in [6.07, 6.45) is 1.72. The minimum absolute atomic E-state index is 0.233. The fraction of sp³-hybridized carbons (Fsp3) is 0.0556. The van der Waals surface area contributed by atoms with Gasteiger partial charge in [0, 0.05) is 15.6 Å². The lowest BCUT2D eigenvalue weighted by Gasteiger charge is -1.99. The van der Waals surface area contributed by atoms with Crippen molar-refractivity contribution in [3.63, 3.8) is 0 Å². The second-order valence-electron chi connectivity index (χ2n) is 5.44. The number of aromatic nitrogens is 3. The van der Waals surface area contributed by atoms with Gasteiger partial charge in [-0.15, -0.1) is 5.10 Å². The van der Waals surface area contributed by atoms with Gasteiger partial charge in [-0.2, -0.15) is 9.50 Å². The number of benzene rings is 2. The first-order valence-electron chi connectivity index (χ1n) is 7.56. The third kappa shape index (κ3) is 3.07. The fourth-order valence-electron chi connectivity index (χ4n) is 2.46. The van der Waals surface area contributed by atoms with Crippen LogP contribution in [0.5, 0.6) is 5.75 Å². The Bertz CT molecular complexity index is 1220. The van der Waals surface area contributed by atoms with Gasteiger partial charge >= 0.3 is 0 Å². The molecular weight excluding hydrogens is 393 g/mol. The van der Waals surface area contributed by atoms with Crippen LogP contribution in [0.1, 0.15) is 5.56 Å². The number of halogens is 2. The molecule has 4 rings (SSSR count). The van der Waals surface area contributed by atoms with Crippen molar-refractivity contribution < 1.29 is 4.74 Å². The zero-order chi connectivity index (χ0) is 18.3. The molecule has 0 atom stereocenters. The van der Waals surface area contributed by atoms with E-state index in [1.54, 1.807) is 31.4 Å². The van der Waals surface area contributed by atoms with Crippen LogP contribution in [0.25, 0.3) is 22.4 Å². The molecule has 8 heteroatoms. The predicted octanol–water partition coefficient (Wildman–Crippen LogP) is 3.68. The van der Waals surface area contributed by atoms with E-state index in [1.165, 1.54) is 15.9 Å². The summed E-state index contributed by atoms with van der Waals surface area (Å²) in [5.74, 6) is 1.24. The van der Waals surface area contributed by atoms with Gasteiger partial charge < -0.3 is 4.74 Å². The molecule has 130 valence electrons. The SMILES string of the molecule is COc1ccc(-c2nc3sc(=Cc4ccc(Cl)cc4Cl)c(=O)n3n2)cc1. The lowest BCUT2D eigenvalue weighted by Crippen LogP contribution is -2.23. The molecule has 0 fully saturated rings. The summed E-state index contributed by atoms with van der Waals surface area (Å²) in [5, 5.41) is 5.35. The normalized spacial score (nSPS) is 12.0. The minimum atomic E-state index is -0.233. The van der Waals surface area contributed by atoms with Gasteiger partial charge in [0.15, 0.2) is 5.82 Å². The Labute approximate surface area is 162 Å². The summed E-state index contributed by atoms with van der Waals surface area (Å²) in [6, 6.07) is 12.5. The van der Waals surface area contributed by atoms with Crippen LogP contribution in [0.15, 0.2) is 47.3 Å². The molecule has 0 amide bonds.